The molecule has 0 bridgehead atoms. The molecule has 5 nitrogen and oxygen atoms in total. The second-order valence-corrected chi connectivity index (χ2v) is 4.49. The molecule has 0 aromatic heterocycles. The molecule has 2 amide bonds. The van der Waals surface area contributed by atoms with Gasteiger partial charge in [0.2, 0.25) is 0 Å². The first-order chi connectivity index (χ1) is 8.41. The van der Waals surface area contributed by atoms with E-state index in [0.717, 1.165) is 0 Å². The smallest absolute Gasteiger partial charge is 0.319 e. The van der Waals surface area contributed by atoms with Gasteiger partial charge in [-0.05, 0) is 12.1 Å². The maximum absolute atomic E-state index is 11.5. The van der Waals surface area contributed by atoms with Gasteiger partial charge < -0.3 is 15.7 Å². The summed E-state index contributed by atoms with van der Waals surface area (Å²) in [4.78, 5) is 22.1. The van der Waals surface area contributed by atoms with Crippen molar-refractivity contribution in [3.8, 4) is 0 Å². The molecule has 98 valence electrons. The van der Waals surface area contributed by atoms with Crippen molar-refractivity contribution in [2.45, 2.75) is 6.92 Å². The van der Waals surface area contributed by atoms with Crippen LogP contribution in [-0.2, 0) is 4.79 Å². The Morgan fingerprint density at radius 3 is 2.39 bits per heavy atom. The summed E-state index contributed by atoms with van der Waals surface area (Å²) in [5.41, 5.74) is 0.293. The van der Waals surface area contributed by atoms with Crippen LogP contribution in [0.15, 0.2) is 18.2 Å². The molecule has 0 aliphatic rings. The van der Waals surface area contributed by atoms with Crippen LogP contribution in [0.2, 0.25) is 10.0 Å². The van der Waals surface area contributed by atoms with Crippen molar-refractivity contribution in [2.75, 3.05) is 11.9 Å². The average molecular weight is 291 g/mol. The number of amides is 2. The lowest BCUT2D eigenvalue weighted by Gasteiger charge is -2.11. The van der Waals surface area contributed by atoms with Crippen molar-refractivity contribution < 1.29 is 14.7 Å². The molecule has 0 saturated heterocycles. The molecule has 1 rings (SSSR count). The quantitative estimate of drug-likeness (QED) is 0.798. The minimum absolute atomic E-state index is 0.0171. The molecule has 0 aliphatic carbocycles. The molecule has 1 unspecified atom stereocenters. The van der Waals surface area contributed by atoms with Gasteiger partial charge in [0.05, 0.1) is 21.7 Å². The molecule has 3 N–H and O–H groups in total. The molecular formula is C11H12Cl2N2O3. The van der Waals surface area contributed by atoms with Crippen molar-refractivity contribution in [2.24, 2.45) is 5.92 Å². The van der Waals surface area contributed by atoms with E-state index in [1.54, 1.807) is 18.2 Å². The van der Waals surface area contributed by atoms with E-state index in [9.17, 15) is 9.59 Å². The van der Waals surface area contributed by atoms with Gasteiger partial charge in [-0.2, -0.15) is 0 Å². The van der Waals surface area contributed by atoms with Crippen LogP contribution >= 0.6 is 23.2 Å². The number of carboxylic acid groups (broad SMARTS) is 1. The van der Waals surface area contributed by atoms with Crippen LogP contribution in [0.1, 0.15) is 6.92 Å². The summed E-state index contributed by atoms with van der Waals surface area (Å²) in [6.07, 6.45) is 0. The Morgan fingerprint density at radius 1 is 1.33 bits per heavy atom. The average Bonchev–Trinajstić information content (AvgIpc) is 2.30. The van der Waals surface area contributed by atoms with Crippen LogP contribution in [0.5, 0.6) is 0 Å². The fourth-order valence-electron chi connectivity index (χ4n) is 1.11. The van der Waals surface area contributed by atoms with E-state index in [2.05, 4.69) is 10.6 Å². The molecule has 1 atom stereocenters. The Morgan fingerprint density at radius 2 is 1.89 bits per heavy atom. The summed E-state index contributed by atoms with van der Waals surface area (Å²) in [5, 5.41) is 14.2. The number of anilines is 1. The van der Waals surface area contributed by atoms with Gasteiger partial charge in [0.15, 0.2) is 0 Å². The predicted molar refractivity (Wildman–Crippen MR) is 70.3 cm³/mol. The Balaban J connectivity index is 2.58. The zero-order chi connectivity index (χ0) is 13.7. The minimum atomic E-state index is -0.980. The van der Waals surface area contributed by atoms with Gasteiger partial charge in [0.25, 0.3) is 0 Å². The number of halogens is 2. The number of carbonyl (C=O) groups excluding carboxylic acids is 1. The van der Waals surface area contributed by atoms with Crippen molar-refractivity contribution in [1.82, 2.24) is 5.32 Å². The van der Waals surface area contributed by atoms with Gasteiger partial charge in [0.1, 0.15) is 0 Å². The highest BCUT2D eigenvalue weighted by Crippen LogP contribution is 2.29. The SMILES string of the molecule is CC(CNC(=O)Nc1c(Cl)cccc1Cl)C(=O)O. The van der Waals surface area contributed by atoms with Crippen LogP contribution in [-0.4, -0.2) is 23.7 Å². The molecule has 0 heterocycles. The number of aliphatic carboxylic acids is 1. The number of hydrogen-bond acceptors (Lipinski definition) is 2. The van der Waals surface area contributed by atoms with Gasteiger partial charge in [-0.25, -0.2) is 4.79 Å². The van der Waals surface area contributed by atoms with Gasteiger partial charge in [-0.3, -0.25) is 4.79 Å². The van der Waals surface area contributed by atoms with Crippen LogP contribution < -0.4 is 10.6 Å². The standard InChI is InChI=1S/C11H12Cl2N2O3/c1-6(10(16)17)5-14-11(18)15-9-7(12)3-2-4-8(9)13/h2-4,6H,5H2,1H3,(H,16,17)(H2,14,15,18). The normalized spacial score (nSPS) is 11.7. The lowest BCUT2D eigenvalue weighted by atomic mass is 10.2. The molecule has 1 aromatic carbocycles. The Labute approximate surface area is 114 Å². The second-order valence-electron chi connectivity index (χ2n) is 3.67. The molecule has 7 heteroatoms. The largest absolute Gasteiger partial charge is 0.481 e. The van der Waals surface area contributed by atoms with E-state index >= 15 is 0 Å². The van der Waals surface area contributed by atoms with Crippen molar-refractivity contribution in [3.63, 3.8) is 0 Å². The Bertz CT molecular complexity index is 445. The molecular weight excluding hydrogens is 279 g/mol. The Kier molecular flexibility index (Phi) is 5.25. The first-order valence-electron chi connectivity index (χ1n) is 5.13. The molecule has 0 spiro atoms. The third-order valence-electron chi connectivity index (χ3n) is 2.19. The van der Waals surface area contributed by atoms with Crippen LogP contribution in [0.4, 0.5) is 10.5 Å². The fourth-order valence-corrected chi connectivity index (χ4v) is 1.60. The summed E-state index contributed by atoms with van der Waals surface area (Å²) in [5.74, 6) is -1.65. The van der Waals surface area contributed by atoms with Gasteiger partial charge >= 0.3 is 12.0 Å². The number of urea groups is 1. The maximum Gasteiger partial charge on any atom is 0.319 e. The molecule has 0 fully saturated rings. The lowest BCUT2D eigenvalue weighted by Crippen LogP contribution is -2.34. The monoisotopic (exact) mass is 290 g/mol. The number of hydrogen-bond donors (Lipinski definition) is 3. The summed E-state index contributed by atoms with van der Waals surface area (Å²) in [6, 6.07) is 4.27. The van der Waals surface area contributed by atoms with Gasteiger partial charge in [0, 0.05) is 6.54 Å². The lowest BCUT2D eigenvalue weighted by molar-refractivity contribution is -0.140. The highest BCUT2D eigenvalue weighted by Gasteiger charge is 2.13. The Hall–Kier alpha value is -1.46. The second kappa shape index (κ2) is 6.47. The fraction of sp³-hybridized carbons (Fsp3) is 0.273. The third-order valence-corrected chi connectivity index (χ3v) is 2.82. The zero-order valence-corrected chi connectivity index (χ0v) is 11.0. The molecule has 18 heavy (non-hydrogen) atoms. The number of carboxylic acids is 1. The van der Waals surface area contributed by atoms with E-state index < -0.39 is 17.9 Å². The van der Waals surface area contributed by atoms with Gasteiger partial charge in [-0.15, -0.1) is 0 Å². The van der Waals surface area contributed by atoms with E-state index in [1.807, 2.05) is 0 Å². The number of benzene rings is 1. The first kappa shape index (κ1) is 14.6. The summed E-state index contributed by atoms with van der Waals surface area (Å²) in [7, 11) is 0. The van der Waals surface area contributed by atoms with E-state index in [-0.39, 0.29) is 6.54 Å². The van der Waals surface area contributed by atoms with Gasteiger partial charge in [-0.1, -0.05) is 36.2 Å². The number of para-hydroxylation sites is 1. The number of rotatable bonds is 4. The summed E-state index contributed by atoms with van der Waals surface area (Å²) >= 11 is 11.7. The van der Waals surface area contributed by atoms with Crippen molar-refractivity contribution in [3.05, 3.63) is 28.2 Å². The molecule has 0 saturated carbocycles. The van der Waals surface area contributed by atoms with Crippen molar-refractivity contribution in [1.29, 1.82) is 0 Å². The van der Waals surface area contributed by atoms with Crippen LogP contribution in [0, 0.1) is 5.92 Å². The maximum atomic E-state index is 11.5. The van der Waals surface area contributed by atoms with E-state index in [1.165, 1.54) is 6.92 Å². The third kappa shape index (κ3) is 4.09. The van der Waals surface area contributed by atoms with Crippen LogP contribution in [0.3, 0.4) is 0 Å². The first-order valence-corrected chi connectivity index (χ1v) is 5.89. The predicted octanol–water partition coefficient (Wildman–Crippen LogP) is 2.84. The summed E-state index contributed by atoms with van der Waals surface area (Å²) in [6.45, 7) is 1.51. The molecule has 1 aromatic rings. The van der Waals surface area contributed by atoms with Crippen LogP contribution in [0.25, 0.3) is 0 Å². The summed E-state index contributed by atoms with van der Waals surface area (Å²) < 4.78 is 0. The highest BCUT2D eigenvalue weighted by atomic mass is 35.5. The van der Waals surface area contributed by atoms with E-state index in [0.29, 0.717) is 15.7 Å². The highest BCUT2D eigenvalue weighted by molar-refractivity contribution is 6.39. The molecule has 0 radical (unpaired) electrons. The number of carbonyl (C=O) groups is 2. The topological polar surface area (TPSA) is 78.4 Å². The zero-order valence-electron chi connectivity index (χ0n) is 9.54. The minimum Gasteiger partial charge on any atom is -0.481 e. The van der Waals surface area contributed by atoms with Crippen molar-refractivity contribution >= 4 is 40.9 Å². The van der Waals surface area contributed by atoms with E-state index in [4.69, 9.17) is 28.3 Å². The number of nitrogens with one attached hydrogen (secondary N) is 2. The molecule has 0 aliphatic heterocycles.